The van der Waals surface area contributed by atoms with Gasteiger partial charge in [-0.3, -0.25) is 9.59 Å². The van der Waals surface area contributed by atoms with Crippen LogP contribution in [0.1, 0.15) is 22.3 Å². The maximum absolute atomic E-state index is 14.4. The highest BCUT2D eigenvalue weighted by Gasteiger charge is 2.16. The number of halogens is 2. The van der Waals surface area contributed by atoms with Gasteiger partial charge in [0.15, 0.2) is 0 Å². The van der Waals surface area contributed by atoms with E-state index in [1.807, 2.05) is 30.3 Å². The Morgan fingerprint density at radius 1 is 1.03 bits per heavy atom. The lowest BCUT2D eigenvalue weighted by Gasteiger charge is -2.13. The lowest BCUT2D eigenvalue weighted by Crippen LogP contribution is -2.25. The molecule has 2 aromatic carbocycles. The largest absolute Gasteiger partial charge is 0.507 e. The second-order valence-electron chi connectivity index (χ2n) is 6.77. The van der Waals surface area contributed by atoms with E-state index in [4.69, 9.17) is 16.7 Å². The van der Waals surface area contributed by atoms with Crippen LogP contribution < -0.4 is 5.56 Å². The summed E-state index contributed by atoms with van der Waals surface area (Å²) in [5, 5.41) is 18.9. The van der Waals surface area contributed by atoms with Crippen molar-refractivity contribution in [2.75, 3.05) is 0 Å². The minimum atomic E-state index is -1.77. The Hall–Kier alpha value is -3.71. The minimum absolute atomic E-state index is 0.0963. The predicted octanol–water partition coefficient (Wildman–Crippen LogP) is 3.83. The normalized spacial score (nSPS) is 11.4. The molecular formula is C23H17ClFNO5. The van der Waals surface area contributed by atoms with Gasteiger partial charge in [0, 0.05) is 17.8 Å². The summed E-state index contributed by atoms with van der Waals surface area (Å²) in [6.45, 7) is -0.180. The number of rotatable bonds is 7. The van der Waals surface area contributed by atoms with Gasteiger partial charge in [0.1, 0.15) is 11.6 Å². The fourth-order valence-electron chi connectivity index (χ4n) is 3.04. The Balaban J connectivity index is 2.11. The molecule has 0 aliphatic heterocycles. The molecule has 0 saturated carbocycles. The molecule has 8 heteroatoms. The summed E-state index contributed by atoms with van der Waals surface area (Å²) in [7, 11) is 0. The highest BCUT2D eigenvalue weighted by Crippen LogP contribution is 2.20. The Labute approximate surface area is 181 Å². The van der Waals surface area contributed by atoms with Crippen LogP contribution in [0.15, 0.2) is 71.7 Å². The van der Waals surface area contributed by atoms with Gasteiger partial charge < -0.3 is 14.8 Å². The van der Waals surface area contributed by atoms with E-state index in [0.717, 1.165) is 5.56 Å². The molecule has 0 amide bonds. The number of carboxylic acids is 1. The molecule has 0 atom stereocenters. The van der Waals surface area contributed by atoms with E-state index in [0.29, 0.717) is 18.1 Å². The van der Waals surface area contributed by atoms with Gasteiger partial charge in [-0.05, 0) is 29.7 Å². The van der Waals surface area contributed by atoms with Gasteiger partial charge in [0.2, 0.25) is 0 Å². The van der Waals surface area contributed by atoms with Gasteiger partial charge in [0.05, 0.1) is 17.1 Å². The molecular weight excluding hydrogens is 425 g/mol. The molecule has 0 radical (unpaired) electrons. The number of aliphatic hydroxyl groups is 1. The summed E-state index contributed by atoms with van der Waals surface area (Å²) in [5.74, 6) is -4.61. The van der Waals surface area contributed by atoms with Crippen LogP contribution >= 0.6 is 11.6 Å². The molecule has 3 aromatic rings. The van der Waals surface area contributed by atoms with Gasteiger partial charge in [-0.15, -0.1) is 0 Å². The Bertz CT molecular complexity index is 1230. The number of carbonyl (C=O) groups is 2. The highest BCUT2D eigenvalue weighted by molar-refractivity contribution is 6.38. The summed E-state index contributed by atoms with van der Waals surface area (Å²) in [6.07, 6.45) is 2.37. The Morgan fingerprint density at radius 2 is 1.74 bits per heavy atom. The van der Waals surface area contributed by atoms with Crippen LogP contribution in [0, 0.1) is 5.82 Å². The van der Waals surface area contributed by atoms with E-state index in [-0.39, 0.29) is 22.7 Å². The molecule has 0 saturated heterocycles. The predicted molar refractivity (Wildman–Crippen MR) is 114 cm³/mol. The van der Waals surface area contributed by atoms with E-state index >= 15 is 0 Å². The number of benzene rings is 2. The smallest absolute Gasteiger partial charge is 0.376 e. The number of carboxylic acid groups (broad SMARTS) is 1. The first-order chi connectivity index (χ1) is 14.8. The maximum atomic E-state index is 14.4. The lowest BCUT2D eigenvalue weighted by molar-refractivity contribution is -0.146. The van der Waals surface area contributed by atoms with E-state index in [1.54, 1.807) is 6.07 Å². The first kappa shape index (κ1) is 22.0. The molecule has 31 heavy (non-hydrogen) atoms. The first-order valence-corrected chi connectivity index (χ1v) is 9.52. The van der Waals surface area contributed by atoms with Crippen LogP contribution in [0.2, 0.25) is 5.02 Å². The molecule has 0 bridgehead atoms. The van der Waals surface area contributed by atoms with Crippen molar-refractivity contribution < 1.29 is 24.2 Å². The Morgan fingerprint density at radius 3 is 2.42 bits per heavy atom. The lowest BCUT2D eigenvalue weighted by atomic mass is 10.0. The summed E-state index contributed by atoms with van der Waals surface area (Å²) < 4.78 is 15.5. The highest BCUT2D eigenvalue weighted by atomic mass is 35.5. The number of pyridine rings is 1. The van der Waals surface area contributed by atoms with Crippen molar-refractivity contribution >= 4 is 29.1 Å². The topological polar surface area (TPSA) is 96.6 Å². The molecule has 0 spiro atoms. The minimum Gasteiger partial charge on any atom is -0.507 e. The number of hydrogen-bond donors (Lipinski definition) is 2. The molecule has 0 aliphatic carbocycles. The zero-order chi connectivity index (χ0) is 22.5. The number of aromatic nitrogens is 1. The number of carbonyl (C=O) groups excluding carboxylic acids is 1. The van der Waals surface area contributed by atoms with Crippen molar-refractivity contribution in [3.63, 3.8) is 0 Å². The van der Waals surface area contributed by atoms with Crippen LogP contribution in [-0.4, -0.2) is 26.5 Å². The summed E-state index contributed by atoms with van der Waals surface area (Å²) in [4.78, 5) is 35.2. The van der Waals surface area contributed by atoms with E-state index in [2.05, 4.69) is 0 Å². The molecule has 0 aliphatic rings. The monoisotopic (exact) mass is 441 g/mol. The van der Waals surface area contributed by atoms with Crippen LogP contribution in [0.25, 0.3) is 5.76 Å². The quantitative estimate of drug-likeness (QED) is 0.330. The molecule has 2 N–H and O–H groups in total. The molecule has 3 rings (SSSR count). The third-order valence-electron chi connectivity index (χ3n) is 4.52. The average molecular weight is 442 g/mol. The van der Waals surface area contributed by atoms with E-state index in [9.17, 15) is 23.9 Å². The Kier molecular flexibility index (Phi) is 6.67. The molecule has 6 nitrogen and oxygen atoms in total. The number of aliphatic hydroxyl groups excluding tert-OH is 1. The van der Waals surface area contributed by atoms with Gasteiger partial charge in [0.25, 0.3) is 11.3 Å². The number of nitrogens with zero attached hydrogens (tertiary/aromatic N) is 1. The maximum Gasteiger partial charge on any atom is 0.376 e. The van der Waals surface area contributed by atoms with Gasteiger partial charge in [-0.1, -0.05) is 54.1 Å². The SMILES string of the molecule is O=C(O)C(=O)/C=C(\O)c1cc(Cc2ccccc2)cn(Cc2cccc(Cl)c2F)c1=O. The number of aliphatic carboxylic acids is 1. The average Bonchev–Trinajstić information content (AvgIpc) is 2.74. The summed E-state index contributed by atoms with van der Waals surface area (Å²) >= 11 is 5.82. The van der Waals surface area contributed by atoms with Gasteiger partial charge in [-0.2, -0.15) is 0 Å². The molecule has 1 aromatic heterocycles. The molecule has 0 fully saturated rings. The van der Waals surface area contributed by atoms with Crippen molar-refractivity contribution in [2.45, 2.75) is 13.0 Å². The number of hydrogen-bond acceptors (Lipinski definition) is 4. The third kappa shape index (κ3) is 5.26. The van der Waals surface area contributed by atoms with E-state index < -0.39 is 28.9 Å². The molecule has 158 valence electrons. The second-order valence-corrected chi connectivity index (χ2v) is 7.18. The van der Waals surface area contributed by atoms with Crippen molar-refractivity contribution in [1.82, 2.24) is 4.57 Å². The standard InChI is InChI=1S/C23H17ClFNO5/c24-18-8-4-7-16(21(18)25)13-26-12-15(9-14-5-2-1-3-6-14)10-17(22(26)29)19(27)11-20(28)23(30)31/h1-8,10-12,27H,9,13H2,(H,30,31)/b19-11-. The zero-order valence-electron chi connectivity index (χ0n) is 16.1. The summed E-state index contributed by atoms with van der Waals surface area (Å²) in [6, 6.07) is 15.1. The van der Waals surface area contributed by atoms with Gasteiger partial charge >= 0.3 is 5.97 Å². The first-order valence-electron chi connectivity index (χ1n) is 9.14. The van der Waals surface area contributed by atoms with Gasteiger partial charge in [-0.25, -0.2) is 9.18 Å². The van der Waals surface area contributed by atoms with Crippen LogP contribution in [0.3, 0.4) is 0 Å². The van der Waals surface area contributed by atoms with Crippen molar-refractivity contribution in [3.8, 4) is 0 Å². The molecule has 0 unspecified atom stereocenters. The molecule has 1 heterocycles. The second kappa shape index (κ2) is 9.40. The summed E-state index contributed by atoms with van der Waals surface area (Å²) in [5.41, 5.74) is 0.666. The van der Waals surface area contributed by atoms with Crippen LogP contribution in [0.4, 0.5) is 4.39 Å². The zero-order valence-corrected chi connectivity index (χ0v) is 16.8. The number of ketones is 1. The van der Waals surface area contributed by atoms with Crippen molar-refractivity contribution in [2.24, 2.45) is 0 Å². The third-order valence-corrected chi connectivity index (χ3v) is 4.81. The van der Waals surface area contributed by atoms with Crippen LogP contribution in [-0.2, 0) is 22.6 Å². The fourth-order valence-corrected chi connectivity index (χ4v) is 3.24. The van der Waals surface area contributed by atoms with Crippen molar-refractivity contribution in [3.05, 3.63) is 110 Å². The fraction of sp³-hybridized carbons (Fsp3) is 0.0870. The van der Waals surface area contributed by atoms with E-state index in [1.165, 1.54) is 29.0 Å². The van der Waals surface area contributed by atoms with Crippen LogP contribution in [0.5, 0.6) is 0 Å². The van der Waals surface area contributed by atoms with Crippen molar-refractivity contribution in [1.29, 1.82) is 0 Å².